The number of halogens is 2. The Morgan fingerprint density at radius 2 is 1.70 bits per heavy atom. The average Bonchev–Trinajstić information content (AvgIpc) is 2.58. The number of nitrogens with zero attached hydrogens (tertiary/aromatic N) is 2. The molecule has 2 rings (SSSR count). The summed E-state index contributed by atoms with van der Waals surface area (Å²) in [6, 6.07) is 3.39. The summed E-state index contributed by atoms with van der Waals surface area (Å²) in [7, 11) is -2.43. The van der Waals surface area contributed by atoms with E-state index in [1.165, 1.54) is 32.2 Å². The van der Waals surface area contributed by atoms with Crippen LogP contribution in [-0.2, 0) is 24.3 Å². The SMILES string of the molecule is COC(=O)C1CCN(C(=O)[C@@H](C)N(c2cc(Cl)cc(Cl)c2)S(C)(=O)=O)CC1. The Morgan fingerprint density at radius 1 is 1.19 bits per heavy atom. The molecule has 0 N–H and O–H groups in total. The van der Waals surface area contributed by atoms with Gasteiger partial charge in [-0.1, -0.05) is 23.2 Å². The molecule has 0 aliphatic carbocycles. The van der Waals surface area contributed by atoms with Crippen LogP contribution in [0.5, 0.6) is 0 Å². The lowest BCUT2D eigenvalue weighted by Crippen LogP contribution is -2.51. The number of sulfonamides is 1. The van der Waals surface area contributed by atoms with Gasteiger partial charge in [-0.15, -0.1) is 0 Å². The predicted molar refractivity (Wildman–Crippen MR) is 105 cm³/mol. The first-order valence-corrected chi connectivity index (χ1v) is 11.0. The highest BCUT2D eigenvalue weighted by Crippen LogP contribution is 2.29. The third-order valence-corrected chi connectivity index (χ3v) is 6.19. The molecule has 0 bridgehead atoms. The number of hydrogen-bond acceptors (Lipinski definition) is 5. The van der Waals surface area contributed by atoms with E-state index in [1.54, 1.807) is 4.90 Å². The van der Waals surface area contributed by atoms with Crippen LogP contribution in [0.4, 0.5) is 5.69 Å². The van der Waals surface area contributed by atoms with E-state index in [-0.39, 0.29) is 33.5 Å². The van der Waals surface area contributed by atoms with Crippen molar-refractivity contribution in [1.82, 2.24) is 4.90 Å². The van der Waals surface area contributed by atoms with Crippen LogP contribution in [0.1, 0.15) is 19.8 Å². The summed E-state index contributed by atoms with van der Waals surface area (Å²) >= 11 is 12.0. The molecule has 1 aromatic rings. The quantitative estimate of drug-likeness (QED) is 0.662. The van der Waals surface area contributed by atoms with Crippen LogP contribution < -0.4 is 4.31 Å². The van der Waals surface area contributed by atoms with Crippen LogP contribution in [0, 0.1) is 5.92 Å². The van der Waals surface area contributed by atoms with Gasteiger partial charge in [-0.05, 0) is 38.0 Å². The van der Waals surface area contributed by atoms with Crippen LogP contribution in [0.15, 0.2) is 18.2 Å². The van der Waals surface area contributed by atoms with Gasteiger partial charge in [0.1, 0.15) is 6.04 Å². The number of amides is 1. The fourth-order valence-electron chi connectivity index (χ4n) is 3.24. The van der Waals surface area contributed by atoms with Crippen molar-refractivity contribution >= 4 is 50.8 Å². The molecule has 150 valence electrons. The van der Waals surface area contributed by atoms with E-state index in [4.69, 9.17) is 27.9 Å². The monoisotopic (exact) mass is 436 g/mol. The zero-order chi connectivity index (χ0) is 20.4. The molecule has 0 radical (unpaired) electrons. The minimum atomic E-state index is -3.77. The van der Waals surface area contributed by atoms with E-state index in [9.17, 15) is 18.0 Å². The minimum Gasteiger partial charge on any atom is -0.469 e. The summed E-state index contributed by atoms with van der Waals surface area (Å²) < 4.78 is 30.5. The second-order valence-corrected chi connectivity index (χ2v) is 9.22. The van der Waals surface area contributed by atoms with Gasteiger partial charge in [0.2, 0.25) is 15.9 Å². The lowest BCUT2D eigenvalue weighted by Gasteiger charge is -2.36. The van der Waals surface area contributed by atoms with Gasteiger partial charge in [0.05, 0.1) is 25.0 Å². The molecule has 1 saturated heterocycles. The fourth-order valence-corrected chi connectivity index (χ4v) is 4.90. The predicted octanol–water partition coefficient (Wildman–Crippen LogP) is 2.56. The Hall–Kier alpha value is -1.51. The Morgan fingerprint density at radius 3 is 2.15 bits per heavy atom. The van der Waals surface area contributed by atoms with Crippen molar-refractivity contribution < 1.29 is 22.7 Å². The van der Waals surface area contributed by atoms with Crippen LogP contribution in [0.2, 0.25) is 10.0 Å². The molecule has 1 aliphatic heterocycles. The van der Waals surface area contributed by atoms with Crippen molar-refractivity contribution in [2.45, 2.75) is 25.8 Å². The number of piperidine rings is 1. The Labute approximate surface area is 169 Å². The van der Waals surface area contributed by atoms with E-state index < -0.39 is 16.1 Å². The largest absolute Gasteiger partial charge is 0.469 e. The second-order valence-electron chi connectivity index (χ2n) is 6.49. The van der Waals surface area contributed by atoms with E-state index in [2.05, 4.69) is 0 Å². The highest BCUT2D eigenvalue weighted by molar-refractivity contribution is 7.92. The van der Waals surface area contributed by atoms with Crippen molar-refractivity contribution in [3.8, 4) is 0 Å². The van der Waals surface area contributed by atoms with Gasteiger partial charge in [-0.2, -0.15) is 0 Å². The van der Waals surface area contributed by atoms with Gasteiger partial charge in [0.25, 0.3) is 0 Å². The molecular weight excluding hydrogens is 415 g/mol. The number of likely N-dealkylation sites (tertiary alicyclic amines) is 1. The van der Waals surface area contributed by atoms with E-state index in [0.717, 1.165) is 10.6 Å². The van der Waals surface area contributed by atoms with Gasteiger partial charge in [-0.25, -0.2) is 8.42 Å². The Bertz CT molecular complexity index is 802. The Balaban J connectivity index is 2.22. The van der Waals surface area contributed by atoms with E-state index >= 15 is 0 Å². The molecule has 0 aromatic heterocycles. The number of ether oxygens (including phenoxy) is 1. The molecule has 10 heteroatoms. The highest BCUT2D eigenvalue weighted by atomic mass is 35.5. The zero-order valence-corrected chi connectivity index (χ0v) is 17.6. The molecule has 1 aromatic carbocycles. The molecule has 27 heavy (non-hydrogen) atoms. The first-order chi connectivity index (χ1) is 12.5. The maximum Gasteiger partial charge on any atom is 0.308 e. The minimum absolute atomic E-state index is 0.222. The summed E-state index contributed by atoms with van der Waals surface area (Å²) in [5, 5.41) is 0.536. The number of anilines is 1. The maximum absolute atomic E-state index is 12.9. The number of carbonyl (C=O) groups is 2. The second kappa shape index (κ2) is 8.67. The molecule has 0 spiro atoms. The number of methoxy groups -OCH3 is 1. The molecule has 0 saturated carbocycles. The molecular formula is C17H22Cl2N2O5S. The summed E-state index contributed by atoms with van der Waals surface area (Å²) in [5.41, 5.74) is 0.222. The van der Waals surface area contributed by atoms with Gasteiger partial charge >= 0.3 is 5.97 Å². The van der Waals surface area contributed by atoms with Crippen molar-refractivity contribution in [3.63, 3.8) is 0 Å². The maximum atomic E-state index is 12.9. The molecule has 1 heterocycles. The van der Waals surface area contributed by atoms with Crippen LogP contribution in [0.25, 0.3) is 0 Å². The molecule has 1 amide bonds. The van der Waals surface area contributed by atoms with Crippen LogP contribution in [-0.4, -0.2) is 57.7 Å². The Kier molecular flexibility index (Phi) is 6.99. The first kappa shape index (κ1) is 21.8. The van der Waals surface area contributed by atoms with Crippen molar-refractivity contribution in [2.75, 3.05) is 30.8 Å². The van der Waals surface area contributed by atoms with Gasteiger partial charge in [0.15, 0.2) is 0 Å². The summed E-state index contributed by atoms with van der Waals surface area (Å²) in [6.45, 7) is 2.23. The third-order valence-electron chi connectivity index (χ3n) is 4.51. The van der Waals surface area contributed by atoms with Gasteiger partial charge < -0.3 is 9.64 Å². The van der Waals surface area contributed by atoms with Crippen molar-refractivity contribution in [1.29, 1.82) is 0 Å². The lowest BCUT2D eigenvalue weighted by molar-refractivity contribution is -0.149. The number of esters is 1. The molecule has 1 atom stereocenters. The van der Waals surface area contributed by atoms with Gasteiger partial charge in [0, 0.05) is 23.1 Å². The number of hydrogen-bond donors (Lipinski definition) is 0. The molecule has 0 unspecified atom stereocenters. The average molecular weight is 437 g/mol. The van der Waals surface area contributed by atoms with Crippen LogP contribution >= 0.6 is 23.2 Å². The molecule has 1 aliphatic rings. The van der Waals surface area contributed by atoms with Crippen molar-refractivity contribution in [3.05, 3.63) is 28.2 Å². The summed E-state index contributed by atoms with van der Waals surface area (Å²) in [6.07, 6.45) is 1.98. The van der Waals surface area contributed by atoms with Crippen molar-refractivity contribution in [2.24, 2.45) is 5.92 Å². The standard InChI is InChI=1S/C17H22Cl2N2O5S/c1-11(16(22)20-6-4-12(5-7-20)17(23)26-2)21(27(3,24)25)15-9-13(18)8-14(19)10-15/h8-12H,4-7H2,1-3H3/t11-/m1/s1. The van der Waals surface area contributed by atoms with Crippen LogP contribution in [0.3, 0.4) is 0 Å². The topological polar surface area (TPSA) is 84.0 Å². The fraction of sp³-hybridized carbons (Fsp3) is 0.529. The molecule has 7 nitrogen and oxygen atoms in total. The summed E-state index contributed by atoms with van der Waals surface area (Å²) in [5.74, 6) is -0.881. The third kappa shape index (κ3) is 5.27. The number of benzene rings is 1. The molecule has 1 fully saturated rings. The first-order valence-electron chi connectivity index (χ1n) is 8.36. The van der Waals surface area contributed by atoms with Gasteiger partial charge in [-0.3, -0.25) is 13.9 Å². The normalized spacial score (nSPS) is 16.7. The number of carbonyl (C=O) groups excluding carboxylic acids is 2. The zero-order valence-electron chi connectivity index (χ0n) is 15.3. The van der Waals surface area contributed by atoms with E-state index in [1.807, 2.05) is 0 Å². The summed E-state index contributed by atoms with van der Waals surface area (Å²) in [4.78, 5) is 26.1. The number of rotatable bonds is 5. The van der Waals surface area contributed by atoms with E-state index in [0.29, 0.717) is 25.9 Å². The highest BCUT2D eigenvalue weighted by Gasteiger charge is 2.35. The smallest absolute Gasteiger partial charge is 0.308 e. The lowest BCUT2D eigenvalue weighted by atomic mass is 9.96.